The van der Waals surface area contributed by atoms with E-state index in [0.717, 1.165) is 0 Å². The van der Waals surface area contributed by atoms with Crippen LogP contribution in [0.5, 0.6) is 0 Å². The second kappa shape index (κ2) is 8.41. The number of halogens is 3. The van der Waals surface area contributed by atoms with Crippen LogP contribution >= 0.6 is 0 Å². The molecule has 0 fully saturated rings. The number of amides is 2. The number of alkyl halides is 3. The standard InChI is InChI=1S/C18H21F3N4O3/c1-17(2,15(27)23-12-7-5-6-11(10-12)14(22)26)9-4-3-8-13-24-16(28-25-13)18(19,20)21/h5-7,10H,3-4,8-9H2,1-2H3,(H2,22,26)(H,23,27). The number of anilines is 1. The van der Waals surface area contributed by atoms with Crippen LogP contribution in [0.15, 0.2) is 28.8 Å². The second-order valence-electron chi connectivity index (χ2n) is 7.00. The van der Waals surface area contributed by atoms with Gasteiger partial charge in [0, 0.05) is 23.1 Å². The molecule has 2 rings (SSSR count). The third-order valence-corrected chi connectivity index (χ3v) is 4.18. The van der Waals surface area contributed by atoms with Crippen LogP contribution in [-0.4, -0.2) is 22.0 Å². The van der Waals surface area contributed by atoms with E-state index in [9.17, 15) is 22.8 Å². The molecule has 0 saturated heterocycles. The highest BCUT2D eigenvalue weighted by Gasteiger charge is 2.38. The molecule has 10 heteroatoms. The van der Waals surface area contributed by atoms with Gasteiger partial charge in [0.15, 0.2) is 5.82 Å². The summed E-state index contributed by atoms with van der Waals surface area (Å²) in [5.74, 6) is -2.21. The summed E-state index contributed by atoms with van der Waals surface area (Å²) in [5, 5.41) is 6.05. The molecule has 1 heterocycles. The number of nitrogens with two attached hydrogens (primary N) is 1. The Bertz CT molecular complexity index is 847. The number of carbonyl (C=O) groups excluding carboxylic acids is 2. The van der Waals surface area contributed by atoms with Gasteiger partial charge in [0.1, 0.15) is 0 Å². The molecule has 0 saturated carbocycles. The third-order valence-electron chi connectivity index (χ3n) is 4.18. The molecule has 152 valence electrons. The Morgan fingerprint density at radius 3 is 2.54 bits per heavy atom. The Hall–Kier alpha value is -2.91. The molecule has 1 aromatic carbocycles. The van der Waals surface area contributed by atoms with Gasteiger partial charge in [-0.05, 0) is 31.0 Å². The van der Waals surface area contributed by atoms with Crippen molar-refractivity contribution in [2.45, 2.75) is 45.7 Å². The van der Waals surface area contributed by atoms with E-state index in [4.69, 9.17) is 5.73 Å². The molecule has 0 aliphatic carbocycles. The Labute approximate surface area is 159 Å². The van der Waals surface area contributed by atoms with Crippen molar-refractivity contribution in [1.29, 1.82) is 0 Å². The van der Waals surface area contributed by atoms with Gasteiger partial charge in [-0.15, -0.1) is 0 Å². The lowest BCUT2D eigenvalue weighted by atomic mass is 9.85. The number of benzene rings is 1. The molecule has 0 bridgehead atoms. The van der Waals surface area contributed by atoms with Gasteiger partial charge in [0.05, 0.1) is 0 Å². The monoisotopic (exact) mass is 398 g/mol. The third kappa shape index (κ3) is 5.80. The van der Waals surface area contributed by atoms with Crippen LogP contribution in [0.25, 0.3) is 0 Å². The van der Waals surface area contributed by atoms with Crippen molar-refractivity contribution < 1.29 is 27.3 Å². The fourth-order valence-electron chi connectivity index (χ4n) is 2.48. The lowest BCUT2D eigenvalue weighted by molar-refractivity contribution is -0.159. The molecule has 0 atom stereocenters. The number of nitrogens with zero attached hydrogens (tertiary/aromatic N) is 2. The first-order valence-electron chi connectivity index (χ1n) is 8.60. The zero-order chi connectivity index (χ0) is 20.9. The molecule has 0 radical (unpaired) electrons. The number of primary amides is 1. The molecular weight excluding hydrogens is 377 g/mol. The summed E-state index contributed by atoms with van der Waals surface area (Å²) in [4.78, 5) is 27.0. The number of hydrogen-bond donors (Lipinski definition) is 2. The van der Waals surface area contributed by atoms with Gasteiger partial charge in [0.2, 0.25) is 11.8 Å². The van der Waals surface area contributed by atoms with Crippen LogP contribution in [0.3, 0.4) is 0 Å². The minimum absolute atomic E-state index is 0.0159. The number of nitrogens with one attached hydrogen (secondary N) is 1. The van der Waals surface area contributed by atoms with Gasteiger partial charge in [-0.3, -0.25) is 9.59 Å². The van der Waals surface area contributed by atoms with Crippen molar-refractivity contribution in [3.63, 3.8) is 0 Å². The fourth-order valence-corrected chi connectivity index (χ4v) is 2.48. The summed E-state index contributed by atoms with van der Waals surface area (Å²) >= 11 is 0. The van der Waals surface area contributed by atoms with Crippen molar-refractivity contribution in [3.05, 3.63) is 41.5 Å². The molecule has 3 N–H and O–H groups in total. The Morgan fingerprint density at radius 2 is 1.93 bits per heavy atom. The smallest absolute Gasteiger partial charge is 0.366 e. The van der Waals surface area contributed by atoms with Gasteiger partial charge < -0.3 is 15.6 Å². The van der Waals surface area contributed by atoms with Gasteiger partial charge in [-0.1, -0.05) is 31.5 Å². The molecule has 2 amide bonds. The maximum absolute atomic E-state index is 12.5. The SMILES string of the molecule is CC(C)(CCCCc1noc(C(F)(F)F)n1)C(=O)Nc1cccc(C(N)=O)c1. The minimum Gasteiger partial charge on any atom is -0.366 e. The molecule has 2 aromatic rings. The van der Waals surface area contributed by atoms with Crippen LogP contribution in [-0.2, 0) is 17.4 Å². The summed E-state index contributed by atoms with van der Waals surface area (Å²) in [6.45, 7) is 3.52. The molecule has 0 spiro atoms. The average Bonchev–Trinajstić information content (AvgIpc) is 3.08. The average molecular weight is 398 g/mol. The van der Waals surface area contributed by atoms with Crippen LogP contribution < -0.4 is 11.1 Å². The number of rotatable bonds is 8. The van der Waals surface area contributed by atoms with Crippen LogP contribution in [0.1, 0.15) is 55.2 Å². The van der Waals surface area contributed by atoms with Crippen LogP contribution in [0.2, 0.25) is 0 Å². The molecule has 7 nitrogen and oxygen atoms in total. The first-order valence-corrected chi connectivity index (χ1v) is 8.60. The zero-order valence-electron chi connectivity index (χ0n) is 15.5. The summed E-state index contributed by atoms with van der Waals surface area (Å²) in [7, 11) is 0. The largest absolute Gasteiger partial charge is 0.471 e. The molecule has 0 unspecified atom stereocenters. The Balaban J connectivity index is 1.84. The number of aryl methyl sites for hydroxylation is 1. The van der Waals surface area contributed by atoms with Gasteiger partial charge in [-0.2, -0.15) is 18.2 Å². The van der Waals surface area contributed by atoms with E-state index in [0.29, 0.717) is 24.9 Å². The lowest BCUT2D eigenvalue weighted by Gasteiger charge is -2.23. The first-order chi connectivity index (χ1) is 13.0. The number of carbonyl (C=O) groups is 2. The van der Waals surface area contributed by atoms with E-state index in [1.165, 1.54) is 6.07 Å². The predicted octanol–water partition coefficient (Wildman–Crippen LogP) is 3.57. The quantitative estimate of drug-likeness (QED) is 0.661. The fraction of sp³-hybridized carbons (Fsp3) is 0.444. The Morgan fingerprint density at radius 1 is 1.21 bits per heavy atom. The summed E-state index contributed by atoms with van der Waals surface area (Å²) in [6, 6.07) is 6.30. The molecule has 28 heavy (non-hydrogen) atoms. The number of unbranched alkanes of at least 4 members (excludes halogenated alkanes) is 1. The summed E-state index contributed by atoms with van der Waals surface area (Å²) in [6.07, 6.45) is -2.85. The lowest BCUT2D eigenvalue weighted by Crippen LogP contribution is -2.30. The van der Waals surface area contributed by atoms with Gasteiger partial charge >= 0.3 is 12.1 Å². The summed E-state index contributed by atoms with van der Waals surface area (Å²) in [5.41, 5.74) is 5.24. The number of aromatic nitrogens is 2. The Kier molecular flexibility index (Phi) is 6.42. The topological polar surface area (TPSA) is 111 Å². The zero-order valence-corrected chi connectivity index (χ0v) is 15.5. The second-order valence-corrected chi connectivity index (χ2v) is 7.00. The predicted molar refractivity (Wildman–Crippen MR) is 94.2 cm³/mol. The molecule has 1 aromatic heterocycles. The van der Waals surface area contributed by atoms with E-state index in [1.807, 2.05) is 0 Å². The van der Waals surface area contributed by atoms with Crippen molar-refractivity contribution in [2.24, 2.45) is 11.1 Å². The highest BCUT2D eigenvalue weighted by molar-refractivity contribution is 5.97. The van der Waals surface area contributed by atoms with Crippen LogP contribution in [0, 0.1) is 5.41 Å². The van der Waals surface area contributed by atoms with Crippen molar-refractivity contribution in [2.75, 3.05) is 5.32 Å². The van der Waals surface area contributed by atoms with E-state index in [1.54, 1.807) is 32.0 Å². The summed E-state index contributed by atoms with van der Waals surface area (Å²) < 4.78 is 41.4. The highest BCUT2D eigenvalue weighted by Crippen LogP contribution is 2.28. The van der Waals surface area contributed by atoms with Crippen molar-refractivity contribution in [1.82, 2.24) is 10.1 Å². The van der Waals surface area contributed by atoms with E-state index in [2.05, 4.69) is 20.0 Å². The van der Waals surface area contributed by atoms with Gasteiger partial charge in [0.25, 0.3) is 0 Å². The maximum Gasteiger partial charge on any atom is 0.471 e. The molecular formula is C18H21F3N4O3. The minimum atomic E-state index is -4.66. The van der Waals surface area contributed by atoms with Crippen LogP contribution in [0.4, 0.5) is 18.9 Å². The van der Waals surface area contributed by atoms with Gasteiger partial charge in [-0.25, -0.2) is 0 Å². The van der Waals surface area contributed by atoms with E-state index in [-0.39, 0.29) is 23.7 Å². The van der Waals surface area contributed by atoms with E-state index >= 15 is 0 Å². The first kappa shape index (κ1) is 21.4. The maximum atomic E-state index is 12.5. The molecule has 0 aliphatic heterocycles. The normalized spacial score (nSPS) is 12.0. The molecule has 0 aliphatic rings. The van der Waals surface area contributed by atoms with E-state index < -0.39 is 23.4 Å². The highest BCUT2D eigenvalue weighted by atomic mass is 19.4. The number of hydrogen-bond acceptors (Lipinski definition) is 5. The van der Waals surface area contributed by atoms with Crippen molar-refractivity contribution in [3.8, 4) is 0 Å². The van der Waals surface area contributed by atoms with Crippen molar-refractivity contribution >= 4 is 17.5 Å².